The lowest BCUT2D eigenvalue weighted by Gasteiger charge is -2.37. The van der Waals surface area contributed by atoms with Crippen LogP contribution in [0, 0.1) is 12.3 Å². The molecule has 15 nitrogen and oxygen atoms in total. The number of aromatic nitrogens is 3. The van der Waals surface area contributed by atoms with Crippen molar-refractivity contribution >= 4 is 62.9 Å². The molecule has 7 atom stereocenters. The van der Waals surface area contributed by atoms with Crippen LogP contribution >= 0.6 is 22.9 Å². The number of thiazole rings is 1. The molecule has 2 bridgehead atoms. The summed E-state index contributed by atoms with van der Waals surface area (Å²) in [6.07, 6.45) is 8.62. The molecule has 0 saturated carbocycles. The van der Waals surface area contributed by atoms with E-state index in [-0.39, 0.29) is 42.8 Å². The molecule has 0 aliphatic carbocycles. The molecule has 400 valence electrons. The van der Waals surface area contributed by atoms with E-state index in [9.17, 15) is 19.5 Å². The third-order valence-electron chi connectivity index (χ3n) is 16.3. The second-order valence-electron chi connectivity index (χ2n) is 22.8. The molecule has 2 aromatic heterocycles. The number of ether oxygens (including phenoxy) is 1. The number of anilines is 2. The van der Waals surface area contributed by atoms with E-state index in [0.29, 0.717) is 44.1 Å². The van der Waals surface area contributed by atoms with E-state index >= 15 is 0 Å². The number of rotatable bonds is 18. The lowest BCUT2D eigenvalue weighted by atomic mass is 9.85. The topological polar surface area (TPSA) is 168 Å². The van der Waals surface area contributed by atoms with E-state index in [0.717, 1.165) is 126 Å². The van der Waals surface area contributed by atoms with Crippen molar-refractivity contribution in [3.8, 4) is 16.5 Å². The zero-order chi connectivity index (χ0) is 52.4. The Hall–Kier alpha value is -5.39. The van der Waals surface area contributed by atoms with Crippen molar-refractivity contribution in [3.63, 3.8) is 0 Å². The molecule has 2 unspecified atom stereocenters. The molecule has 0 radical (unpaired) electrons. The molecule has 3 amide bonds. The van der Waals surface area contributed by atoms with Crippen LogP contribution in [0.1, 0.15) is 120 Å². The monoisotopic (exact) mass is 1060 g/mol. The lowest BCUT2D eigenvalue weighted by molar-refractivity contribution is -0.144. The zero-order valence-corrected chi connectivity index (χ0v) is 45.9. The van der Waals surface area contributed by atoms with Gasteiger partial charge in [0.25, 0.3) is 0 Å². The van der Waals surface area contributed by atoms with Gasteiger partial charge in [-0.25, -0.2) is 4.98 Å². The van der Waals surface area contributed by atoms with Crippen LogP contribution in [0.4, 0.5) is 11.5 Å². The van der Waals surface area contributed by atoms with Gasteiger partial charge in [0.15, 0.2) is 0 Å². The number of hydrogen-bond donors (Lipinski definition) is 4. The number of piperazine rings is 1. The third kappa shape index (κ3) is 12.1. The Morgan fingerprint density at radius 2 is 1.68 bits per heavy atom. The molecule has 7 heterocycles. The number of carbonyl (C=O) groups excluding carboxylic acids is 3. The van der Waals surface area contributed by atoms with E-state index in [4.69, 9.17) is 26.3 Å². The highest BCUT2D eigenvalue weighted by molar-refractivity contribution is 7.13. The molecule has 0 spiro atoms. The Morgan fingerprint density at radius 3 is 2.43 bits per heavy atom. The number of benzene rings is 3. The van der Waals surface area contributed by atoms with E-state index in [1.54, 1.807) is 11.3 Å². The first kappa shape index (κ1) is 53.0. The average molecular weight is 1060 g/mol. The van der Waals surface area contributed by atoms with E-state index in [2.05, 4.69) is 59.9 Å². The number of nitrogens with one attached hydrogen (secondary N) is 3. The number of nitrogens with zero attached hydrogens (tertiary/aromatic N) is 7. The lowest BCUT2D eigenvalue weighted by Crippen LogP contribution is -2.57. The maximum absolute atomic E-state index is 14.3. The summed E-state index contributed by atoms with van der Waals surface area (Å²) in [5.74, 6) is 0.169. The van der Waals surface area contributed by atoms with Crippen molar-refractivity contribution in [1.29, 1.82) is 0 Å². The number of hydrogen-bond acceptors (Lipinski definition) is 13. The summed E-state index contributed by atoms with van der Waals surface area (Å²) in [5, 5.41) is 23.6. The zero-order valence-electron chi connectivity index (χ0n) is 44.3. The normalized spacial score (nSPS) is 22.6. The summed E-state index contributed by atoms with van der Waals surface area (Å²) < 4.78 is 6.61. The molecule has 4 fully saturated rings. The highest BCUT2D eigenvalue weighted by atomic mass is 35.5. The maximum atomic E-state index is 14.3. The van der Waals surface area contributed by atoms with Gasteiger partial charge < -0.3 is 40.5 Å². The van der Waals surface area contributed by atoms with Gasteiger partial charge in [0.2, 0.25) is 17.7 Å². The number of aliphatic hydroxyl groups is 1. The fraction of sp³-hybridized carbons (Fsp3) is 0.552. The number of β-amino-alcohol motifs (C(OH)–C–C–N with tert-alkyl or cyclic N) is 1. The second-order valence-corrected chi connectivity index (χ2v) is 24.0. The molecule has 10 rings (SSSR count). The molecular formula is C58H75ClN10O5S. The Bertz CT molecular complexity index is 2820. The van der Waals surface area contributed by atoms with Crippen molar-refractivity contribution in [2.45, 2.75) is 154 Å². The molecule has 75 heavy (non-hydrogen) atoms. The summed E-state index contributed by atoms with van der Waals surface area (Å²) in [4.78, 5) is 66.2. The Kier molecular flexibility index (Phi) is 16.3. The van der Waals surface area contributed by atoms with E-state index < -0.39 is 23.6 Å². The summed E-state index contributed by atoms with van der Waals surface area (Å²) in [5.41, 5.74) is 7.57. The first-order valence-electron chi connectivity index (χ1n) is 27.5. The van der Waals surface area contributed by atoms with Crippen molar-refractivity contribution in [2.75, 3.05) is 55.7 Å². The summed E-state index contributed by atoms with van der Waals surface area (Å²) in [6.45, 7) is 15.6. The quantitative estimate of drug-likeness (QED) is 0.0620. The number of carbonyl (C=O) groups is 3. The first-order valence-corrected chi connectivity index (χ1v) is 28.7. The van der Waals surface area contributed by atoms with Crippen molar-refractivity contribution < 1.29 is 24.2 Å². The van der Waals surface area contributed by atoms with Gasteiger partial charge in [0, 0.05) is 73.8 Å². The Labute approximate surface area is 451 Å². The number of aryl methyl sites for hydroxylation is 1. The van der Waals surface area contributed by atoms with Crippen molar-refractivity contribution in [1.82, 2.24) is 40.7 Å². The van der Waals surface area contributed by atoms with Crippen molar-refractivity contribution in [3.05, 3.63) is 93.7 Å². The number of aliphatic hydroxyl groups excluding tert-OH is 1. The van der Waals surface area contributed by atoms with Gasteiger partial charge in [-0.05, 0) is 106 Å². The SMILES string of the molecule is Cc1ncsc1-c1ccc([C@H](C)NC(=O)[C@@H]2C[C@@H](O)CN2C(=O)[C@@H](NC(=O)CCCCCCN2CCC[C@H]2COc2nc3c(c(N4CC5CCC(C4)N5)n2)CCN(c2cccc4cccc(Cl)c24)C3)C(C)(C)C)cc1. The van der Waals surface area contributed by atoms with Crippen LogP contribution in [-0.4, -0.2) is 130 Å². The average Bonchev–Trinajstić information content (AvgIpc) is 4.22. The minimum atomic E-state index is -0.861. The Balaban J connectivity index is 0.699. The van der Waals surface area contributed by atoms with Gasteiger partial charge in [-0.15, -0.1) is 11.3 Å². The number of fused-ring (bicyclic) bond motifs is 4. The fourth-order valence-electron chi connectivity index (χ4n) is 12.2. The molecule has 5 aliphatic heterocycles. The van der Waals surface area contributed by atoms with Gasteiger partial charge in [-0.2, -0.15) is 9.97 Å². The summed E-state index contributed by atoms with van der Waals surface area (Å²) in [7, 11) is 0. The summed E-state index contributed by atoms with van der Waals surface area (Å²) >= 11 is 8.41. The largest absolute Gasteiger partial charge is 0.462 e. The van der Waals surface area contributed by atoms with Crippen LogP contribution in [0.2, 0.25) is 5.02 Å². The third-order valence-corrected chi connectivity index (χ3v) is 17.6. The van der Waals surface area contributed by atoms with Gasteiger partial charge >= 0.3 is 6.01 Å². The number of likely N-dealkylation sites (tertiary alicyclic amines) is 2. The molecular weight excluding hydrogens is 984 g/mol. The maximum Gasteiger partial charge on any atom is 0.318 e. The first-order chi connectivity index (χ1) is 36.2. The standard InChI is InChI=1S/C58H75ClN10O5S/c1-36(38-19-21-40(22-20-38)52-37(2)60-35-75-52)61-55(72)49-29-44(70)32-69(49)56(73)53(58(3,4)5)64-50(71)18-8-6-7-9-26-66-27-12-15-43(66)34-74-57-63-47-33-67(48-17-11-14-39-13-10-16-46(59)51(39)48)28-25-45(47)54(65-57)68-30-41-23-24-42(31-68)62-41/h10-11,13-14,16-17,19-22,35-36,41-44,49,53,62,70H,6-9,12,15,18,23-34H2,1-5H3,(H,61,72)(H,64,71)/t36-,41?,42?,43-,44+,49-,53+/m0/s1. The predicted molar refractivity (Wildman–Crippen MR) is 297 cm³/mol. The molecule has 3 aromatic carbocycles. The van der Waals surface area contributed by atoms with Gasteiger partial charge in [0.1, 0.15) is 24.5 Å². The van der Waals surface area contributed by atoms with E-state index in [1.165, 1.54) is 23.3 Å². The molecule has 5 aliphatic rings. The van der Waals surface area contributed by atoms with Crippen LogP contribution < -0.4 is 30.5 Å². The highest BCUT2D eigenvalue weighted by Gasteiger charge is 2.45. The second kappa shape index (κ2) is 23.1. The van der Waals surface area contributed by atoms with Crippen LogP contribution in [0.25, 0.3) is 21.2 Å². The smallest absolute Gasteiger partial charge is 0.318 e. The predicted octanol–water partition coefficient (Wildman–Crippen LogP) is 8.38. The van der Waals surface area contributed by atoms with Gasteiger partial charge in [0.05, 0.1) is 45.5 Å². The summed E-state index contributed by atoms with van der Waals surface area (Å²) in [6, 6.07) is 20.2. The van der Waals surface area contributed by atoms with Gasteiger partial charge in [-0.1, -0.05) is 93.7 Å². The van der Waals surface area contributed by atoms with Crippen molar-refractivity contribution in [2.24, 2.45) is 5.41 Å². The molecule has 5 aromatic rings. The molecule has 4 N–H and O–H groups in total. The highest BCUT2D eigenvalue weighted by Crippen LogP contribution is 2.38. The minimum Gasteiger partial charge on any atom is -0.462 e. The molecule has 17 heteroatoms. The Morgan fingerprint density at radius 1 is 0.920 bits per heavy atom. The number of amides is 3. The van der Waals surface area contributed by atoms with Crippen LogP contribution in [0.5, 0.6) is 6.01 Å². The van der Waals surface area contributed by atoms with Crippen LogP contribution in [0.3, 0.4) is 0 Å². The van der Waals surface area contributed by atoms with Gasteiger partial charge in [-0.3, -0.25) is 19.3 Å². The van der Waals surface area contributed by atoms with E-state index in [1.807, 2.05) is 76.5 Å². The van der Waals surface area contributed by atoms with Crippen LogP contribution in [0.15, 0.2) is 66.2 Å². The minimum absolute atomic E-state index is 0.0311. The fourth-order valence-corrected chi connectivity index (χ4v) is 13.3. The number of halogens is 1. The van der Waals surface area contributed by atoms with Crippen LogP contribution in [-0.2, 0) is 27.3 Å². The number of unbranched alkanes of at least 4 members (excludes halogenated alkanes) is 3. The molecule has 4 saturated heterocycles.